The SMILES string of the molecule is O=C(NCc1cccc(-c2ccc(C3OC(CN4CCCC4CO)CC(c4ccc(CO)cc4)O3)cc2)c1)c1c(F)c(F)c(F)c(F)c1F. The molecule has 2 aliphatic heterocycles. The summed E-state index contributed by atoms with van der Waals surface area (Å²) in [6, 6.07) is 22.2. The van der Waals surface area contributed by atoms with Crippen molar-refractivity contribution in [3.63, 3.8) is 0 Å². The van der Waals surface area contributed by atoms with Gasteiger partial charge in [-0.2, -0.15) is 0 Å². The number of benzene rings is 4. The number of nitrogens with zero attached hydrogens (tertiary/aromatic N) is 1. The van der Waals surface area contributed by atoms with Gasteiger partial charge in [0.05, 0.1) is 25.4 Å². The van der Waals surface area contributed by atoms with Gasteiger partial charge in [0.15, 0.2) is 29.6 Å². The van der Waals surface area contributed by atoms with Crippen molar-refractivity contribution < 1.29 is 46.4 Å². The van der Waals surface area contributed by atoms with Gasteiger partial charge in [0.1, 0.15) is 5.56 Å². The molecule has 2 saturated heterocycles. The summed E-state index contributed by atoms with van der Waals surface area (Å²) in [6.45, 7) is 1.35. The molecule has 49 heavy (non-hydrogen) atoms. The highest BCUT2D eigenvalue weighted by molar-refractivity contribution is 5.94. The first-order chi connectivity index (χ1) is 23.7. The molecule has 4 atom stereocenters. The molecule has 0 spiro atoms. The van der Waals surface area contributed by atoms with Gasteiger partial charge in [-0.05, 0) is 53.3 Å². The molecule has 2 fully saturated rings. The van der Waals surface area contributed by atoms with Crippen LogP contribution >= 0.6 is 0 Å². The van der Waals surface area contributed by atoms with Crippen molar-refractivity contribution in [1.82, 2.24) is 10.2 Å². The number of rotatable bonds is 10. The molecule has 2 heterocycles. The fourth-order valence-electron chi connectivity index (χ4n) is 6.41. The van der Waals surface area contributed by atoms with Gasteiger partial charge < -0.3 is 25.0 Å². The Bertz CT molecular complexity index is 1760. The van der Waals surface area contributed by atoms with Crippen LogP contribution in [-0.2, 0) is 22.6 Å². The second-order valence-electron chi connectivity index (χ2n) is 12.3. The van der Waals surface area contributed by atoms with Crippen LogP contribution in [0.25, 0.3) is 11.1 Å². The third-order valence-electron chi connectivity index (χ3n) is 9.10. The standard InChI is InChI=1S/C37H35F5N2O5/c38-31-30(32(39)34(41)35(42)33(31)40)36(47)43-17-22-3-1-4-26(15-22)23-10-12-25(13-11-23)37-48-28(18-44-14-2-5-27(44)20-46)16-29(49-37)24-8-6-21(19-45)7-9-24/h1,3-4,6-13,15,27-29,37,45-46H,2,5,14,16-20H2,(H,43,47). The number of carbonyl (C=O) groups excluding carboxylic acids is 1. The van der Waals surface area contributed by atoms with Crippen LogP contribution in [0.3, 0.4) is 0 Å². The Morgan fingerprint density at radius 3 is 2.14 bits per heavy atom. The molecule has 0 aromatic heterocycles. The maximum Gasteiger partial charge on any atom is 0.257 e. The number of hydrogen-bond donors (Lipinski definition) is 3. The normalized spacial score (nSPS) is 21.2. The van der Waals surface area contributed by atoms with Crippen LogP contribution in [0.2, 0.25) is 0 Å². The lowest BCUT2D eigenvalue weighted by Crippen LogP contribution is -2.42. The van der Waals surface area contributed by atoms with E-state index in [1.165, 1.54) is 0 Å². The number of nitrogens with one attached hydrogen (secondary N) is 1. The predicted octanol–water partition coefficient (Wildman–Crippen LogP) is 6.47. The van der Waals surface area contributed by atoms with E-state index in [1.54, 1.807) is 18.2 Å². The van der Waals surface area contributed by atoms with E-state index < -0.39 is 46.8 Å². The molecule has 0 radical (unpaired) electrons. The number of halogens is 5. The van der Waals surface area contributed by atoms with E-state index in [9.17, 15) is 37.0 Å². The molecule has 258 valence electrons. The van der Waals surface area contributed by atoms with Crippen molar-refractivity contribution in [2.45, 2.75) is 57.0 Å². The largest absolute Gasteiger partial charge is 0.395 e. The van der Waals surface area contributed by atoms with Gasteiger partial charge in [0, 0.05) is 31.1 Å². The Kier molecular flexibility index (Phi) is 10.7. The number of hydrogen-bond acceptors (Lipinski definition) is 6. The molecular weight excluding hydrogens is 647 g/mol. The van der Waals surface area contributed by atoms with E-state index in [-0.39, 0.29) is 38.0 Å². The molecule has 12 heteroatoms. The molecule has 4 aromatic carbocycles. The quantitative estimate of drug-likeness (QED) is 0.101. The Hall–Kier alpha value is -4.20. The Morgan fingerprint density at radius 1 is 0.796 bits per heavy atom. The summed E-state index contributed by atoms with van der Waals surface area (Å²) in [5.41, 5.74) is 3.10. The van der Waals surface area contributed by atoms with Crippen molar-refractivity contribution in [2.75, 3.05) is 19.7 Å². The minimum Gasteiger partial charge on any atom is -0.395 e. The predicted molar refractivity (Wildman–Crippen MR) is 169 cm³/mol. The third kappa shape index (κ3) is 7.53. The molecule has 7 nitrogen and oxygen atoms in total. The second kappa shape index (κ2) is 15.1. The Labute approximate surface area is 279 Å². The van der Waals surface area contributed by atoms with Crippen LogP contribution in [0.4, 0.5) is 22.0 Å². The molecule has 2 aliphatic rings. The summed E-state index contributed by atoms with van der Waals surface area (Å²) in [5, 5.41) is 21.6. The maximum absolute atomic E-state index is 14.1. The topological polar surface area (TPSA) is 91.3 Å². The molecule has 1 amide bonds. The molecule has 0 aliphatic carbocycles. The number of aliphatic hydroxyl groups excluding tert-OH is 2. The van der Waals surface area contributed by atoms with Crippen LogP contribution in [0.5, 0.6) is 0 Å². The number of ether oxygens (including phenoxy) is 2. The van der Waals surface area contributed by atoms with Crippen LogP contribution in [-0.4, -0.2) is 52.9 Å². The molecule has 4 aromatic rings. The van der Waals surface area contributed by atoms with Crippen LogP contribution < -0.4 is 5.32 Å². The van der Waals surface area contributed by atoms with E-state index in [4.69, 9.17) is 9.47 Å². The van der Waals surface area contributed by atoms with Gasteiger partial charge in [-0.15, -0.1) is 0 Å². The minimum atomic E-state index is -2.33. The van der Waals surface area contributed by atoms with Crippen LogP contribution in [0.1, 0.15) is 64.3 Å². The first-order valence-corrected chi connectivity index (χ1v) is 16.0. The molecule has 3 N–H and O–H groups in total. The molecule has 0 saturated carbocycles. The molecule has 6 rings (SSSR count). The highest BCUT2D eigenvalue weighted by Crippen LogP contribution is 2.39. The van der Waals surface area contributed by atoms with Gasteiger partial charge in [-0.3, -0.25) is 9.69 Å². The van der Waals surface area contributed by atoms with E-state index in [0.29, 0.717) is 18.5 Å². The Balaban J connectivity index is 1.16. The summed E-state index contributed by atoms with van der Waals surface area (Å²) >= 11 is 0. The van der Waals surface area contributed by atoms with Gasteiger partial charge in [-0.25, -0.2) is 22.0 Å². The van der Waals surface area contributed by atoms with E-state index in [1.807, 2.05) is 54.6 Å². The first-order valence-electron chi connectivity index (χ1n) is 16.0. The fraction of sp³-hybridized carbons (Fsp3) is 0.324. The first kappa shape index (κ1) is 34.7. The van der Waals surface area contributed by atoms with Gasteiger partial charge in [-0.1, -0.05) is 66.7 Å². The van der Waals surface area contributed by atoms with Gasteiger partial charge in [0.25, 0.3) is 5.91 Å². The van der Waals surface area contributed by atoms with Crippen molar-refractivity contribution in [3.05, 3.63) is 130 Å². The van der Waals surface area contributed by atoms with Gasteiger partial charge >= 0.3 is 0 Å². The summed E-state index contributed by atoms with van der Waals surface area (Å²) in [7, 11) is 0. The molecule has 4 unspecified atom stereocenters. The number of aliphatic hydroxyl groups is 2. The Morgan fingerprint density at radius 2 is 1.47 bits per heavy atom. The fourth-order valence-corrected chi connectivity index (χ4v) is 6.41. The van der Waals surface area contributed by atoms with Crippen molar-refractivity contribution >= 4 is 5.91 Å². The molecule has 0 bridgehead atoms. The number of carbonyl (C=O) groups is 1. The minimum absolute atomic E-state index is 0.0556. The lowest BCUT2D eigenvalue weighted by Gasteiger charge is -2.38. The van der Waals surface area contributed by atoms with Gasteiger partial charge in [0.2, 0.25) is 5.82 Å². The van der Waals surface area contributed by atoms with E-state index in [2.05, 4.69) is 10.2 Å². The van der Waals surface area contributed by atoms with Crippen LogP contribution in [0, 0.1) is 29.1 Å². The summed E-state index contributed by atoms with van der Waals surface area (Å²) in [6.07, 6.45) is 1.48. The maximum atomic E-state index is 14.1. The van der Waals surface area contributed by atoms with Crippen molar-refractivity contribution in [2.24, 2.45) is 0 Å². The highest BCUT2D eigenvalue weighted by atomic mass is 19.2. The summed E-state index contributed by atoms with van der Waals surface area (Å²) < 4.78 is 81.7. The highest BCUT2D eigenvalue weighted by Gasteiger charge is 2.35. The summed E-state index contributed by atoms with van der Waals surface area (Å²) in [5.74, 6) is -12.6. The van der Waals surface area contributed by atoms with E-state index in [0.717, 1.165) is 47.2 Å². The van der Waals surface area contributed by atoms with Crippen molar-refractivity contribution in [3.8, 4) is 11.1 Å². The zero-order valence-corrected chi connectivity index (χ0v) is 26.4. The zero-order valence-electron chi connectivity index (χ0n) is 26.4. The van der Waals surface area contributed by atoms with Crippen molar-refractivity contribution in [1.29, 1.82) is 0 Å². The lowest BCUT2D eigenvalue weighted by atomic mass is 9.98. The average molecular weight is 683 g/mol. The number of amides is 1. The number of likely N-dealkylation sites (tertiary alicyclic amines) is 1. The smallest absolute Gasteiger partial charge is 0.257 e. The lowest BCUT2D eigenvalue weighted by molar-refractivity contribution is -0.253. The van der Waals surface area contributed by atoms with Crippen LogP contribution in [0.15, 0.2) is 72.8 Å². The average Bonchev–Trinajstić information content (AvgIpc) is 3.59. The zero-order chi connectivity index (χ0) is 34.7. The van der Waals surface area contributed by atoms with E-state index >= 15 is 0 Å². The molecular formula is C37H35F5N2O5. The monoisotopic (exact) mass is 682 g/mol. The third-order valence-corrected chi connectivity index (χ3v) is 9.10. The second-order valence-corrected chi connectivity index (χ2v) is 12.3. The summed E-state index contributed by atoms with van der Waals surface area (Å²) in [4.78, 5) is 14.7.